The van der Waals surface area contributed by atoms with Gasteiger partial charge in [0.1, 0.15) is 6.54 Å². The van der Waals surface area contributed by atoms with Crippen LogP contribution in [0.25, 0.3) is 0 Å². The SMILES string of the molecule is CN(C)C(=O)Cn1cc(NC(=O)Nc2ccc(Br)cc2Cl)cn1. The molecule has 0 saturated heterocycles. The summed E-state index contributed by atoms with van der Waals surface area (Å²) >= 11 is 9.33. The van der Waals surface area contributed by atoms with E-state index in [9.17, 15) is 9.59 Å². The second kappa shape index (κ2) is 7.47. The van der Waals surface area contributed by atoms with Crippen LogP contribution in [-0.4, -0.2) is 40.7 Å². The third-order valence-electron chi connectivity index (χ3n) is 2.87. The van der Waals surface area contributed by atoms with Crippen LogP contribution in [0.15, 0.2) is 35.1 Å². The molecule has 7 nitrogen and oxygen atoms in total. The molecule has 2 aromatic rings. The van der Waals surface area contributed by atoms with Crippen LogP contribution in [0.1, 0.15) is 0 Å². The molecule has 2 rings (SSSR count). The Balaban J connectivity index is 1.95. The number of hydrogen-bond donors (Lipinski definition) is 2. The molecular weight excluding hydrogens is 386 g/mol. The number of benzene rings is 1. The van der Waals surface area contributed by atoms with Gasteiger partial charge < -0.3 is 15.5 Å². The van der Waals surface area contributed by atoms with Gasteiger partial charge >= 0.3 is 6.03 Å². The lowest BCUT2D eigenvalue weighted by Gasteiger charge is -2.09. The maximum Gasteiger partial charge on any atom is 0.323 e. The Morgan fingerprint density at radius 1 is 1.35 bits per heavy atom. The predicted octanol–water partition coefficient (Wildman–Crippen LogP) is 3.03. The number of aromatic nitrogens is 2. The van der Waals surface area contributed by atoms with Crippen molar-refractivity contribution in [2.45, 2.75) is 6.54 Å². The van der Waals surface area contributed by atoms with Crippen LogP contribution in [0.5, 0.6) is 0 Å². The molecule has 0 spiro atoms. The molecule has 1 aromatic carbocycles. The maximum absolute atomic E-state index is 12.0. The number of nitrogens with one attached hydrogen (secondary N) is 2. The molecule has 2 N–H and O–H groups in total. The van der Waals surface area contributed by atoms with Gasteiger partial charge in [0.15, 0.2) is 0 Å². The lowest BCUT2D eigenvalue weighted by atomic mass is 10.3. The second-order valence-corrected chi connectivity index (χ2v) is 6.24. The smallest absolute Gasteiger partial charge is 0.323 e. The Kier molecular flexibility index (Phi) is 5.62. The highest BCUT2D eigenvalue weighted by Gasteiger charge is 2.10. The van der Waals surface area contributed by atoms with Crippen LogP contribution >= 0.6 is 27.5 Å². The van der Waals surface area contributed by atoms with Crippen molar-refractivity contribution in [1.29, 1.82) is 0 Å². The van der Waals surface area contributed by atoms with Gasteiger partial charge in [0, 0.05) is 24.8 Å². The Morgan fingerprint density at radius 2 is 2.09 bits per heavy atom. The summed E-state index contributed by atoms with van der Waals surface area (Å²) in [6, 6.07) is 4.69. The number of rotatable bonds is 4. The van der Waals surface area contributed by atoms with E-state index in [4.69, 9.17) is 11.6 Å². The first kappa shape index (κ1) is 17.3. The van der Waals surface area contributed by atoms with Gasteiger partial charge in [-0.2, -0.15) is 5.10 Å². The number of likely N-dealkylation sites (N-methyl/N-ethyl adjacent to an activating group) is 1. The van der Waals surface area contributed by atoms with Crippen LogP contribution in [0, 0.1) is 0 Å². The first-order valence-corrected chi connectivity index (χ1v) is 7.78. The van der Waals surface area contributed by atoms with Crippen LogP contribution in [-0.2, 0) is 11.3 Å². The molecule has 122 valence electrons. The van der Waals surface area contributed by atoms with E-state index >= 15 is 0 Å². The zero-order valence-electron chi connectivity index (χ0n) is 12.5. The molecule has 0 aliphatic rings. The largest absolute Gasteiger partial charge is 0.347 e. The topological polar surface area (TPSA) is 79.3 Å². The molecule has 0 fully saturated rings. The number of nitrogens with zero attached hydrogens (tertiary/aromatic N) is 3. The molecule has 0 aliphatic carbocycles. The molecule has 0 bridgehead atoms. The monoisotopic (exact) mass is 399 g/mol. The molecule has 3 amide bonds. The van der Waals surface area contributed by atoms with Crippen LogP contribution in [0.4, 0.5) is 16.2 Å². The summed E-state index contributed by atoms with van der Waals surface area (Å²) in [6.45, 7) is 0.106. The minimum atomic E-state index is -0.451. The molecule has 1 aromatic heterocycles. The average Bonchev–Trinajstić information content (AvgIpc) is 2.89. The highest BCUT2D eigenvalue weighted by atomic mass is 79.9. The number of carbonyl (C=O) groups is 2. The van der Waals surface area contributed by atoms with Crippen molar-refractivity contribution in [3.05, 3.63) is 40.1 Å². The first-order valence-electron chi connectivity index (χ1n) is 6.61. The summed E-state index contributed by atoms with van der Waals surface area (Å²) in [6.07, 6.45) is 3.04. The molecule has 0 saturated carbocycles. The summed E-state index contributed by atoms with van der Waals surface area (Å²) < 4.78 is 2.27. The lowest BCUT2D eigenvalue weighted by molar-refractivity contribution is -0.129. The van der Waals surface area contributed by atoms with E-state index in [2.05, 4.69) is 31.7 Å². The van der Waals surface area contributed by atoms with Crippen molar-refractivity contribution in [2.75, 3.05) is 24.7 Å². The van der Waals surface area contributed by atoms with E-state index in [0.717, 1.165) is 4.47 Å². The fourth-order valence-electron chi connectivity index (χ4n) is 1.67. The Labute approximate surface area is 146 Å². The molecule has 0 aliphatic heterocycles. The van der Waals surface area contributed by atoms with Crippen LogP contribution in [0.2, 0.25) is 5.02 Å². The van der Waals surface area contributed by atoms with Crippen molar-refractivity contribution in [3.63, 3.8) is 0 Å². The van der Waals surface area contributed by atoms with E-state index in [-0.39, 0.29) is 12.5 Å². The number of urea groups is 1. The van der Waals surface area contributed by atoms with Gasteiger partial charge in [-0.05, 0) is 18.2 Å². The van der Waals surface area contributed by atoms with Crippen LogP contribution < -0.4 is 10.6 Å². The predicted molar refractivity (Wildman–Crippen MR) is 92.7 cm³/mol. The maximum atomic E-state index is 12.0. The van der Waals surface area contributed by atoms with E-state index < -0.39 is 6.03 Å². The Bertz CT molecular complexity index is 732. The number of carbonyl (C=O) groups excluding carboxylic acids is 2. The number of anilines is 2. The molecular formula is C14H15BrClN5O2. The fraction of sp³-hybridized carbons (Fsp3) is 0.214. The van der Waals surface area contributed by atoms with Crippen molar-refractivity contribution in [3.8, 4) is 0 Å². The van der Waals surface area contributed by atoms with E-state index in [1.54, 1.807) is 38.5 Å². The first-order chi connectivity index (χ1) is 10.8. The fourth-order valence-corrected chi connectivity index (χ4v) is 2.39. The van der Waals surface area contributed by atoms with Crippen LogP contribution in [0.3, 0.4) is 0 Å². The van der Waals surface area contributed by atoms with Gasteiger partial charge in [0.2, 0.25) is 5.91 Å². The normalized spacial score (nSPS) is 10.3. The van der Waals surface area contributed by atoms with Crippen molar-refractivity contribution < 1.29 is 9.59 Å². The zero-order chi connectivity index (χ0) is 17.0. The van der Waals surface area contributed by atoms with Crippen molar-refractivity contribution in [2.24, 2.45) is 0 Å². The van der Waals surface area contributed by atoms with Gasteiger partial charge in [-0.1, -0.05) is 27.5 Å². The molecule has 0 unspecified atom stereocenters. The summed E-state index contributed by atoms with van der Waals surface area (Å²) in [5, 5.41) is 9.71. The summed E-state index contributed by atoms with van der Waals surface area (Å²) in [5.74, 6) is -0.0919. The standard InChI is InChI=1S/C14H15BrClN5O2/c1-20(2)13(22)8-21-7-10(6-17-21)18-14(23)19-12-4-3-9(15)5-11(12)16/h3-7H,8H2,1-2H3,(H2,18,19,23). The number of halogens is 2. The quantitative estimate of drug-likeness (QED) is 0.828. The van der Waals surface area contributed by atoms with Gasteiger partial charge in [-0.3, -0.25) is 9.48 Å². The molecule has 1 heterocycles. The molecule has 0 radical (unpaired) electrons. The highest BCUT2D eigenvalue weighted by molar-refractivity contribution is 9.10. The van der Waals surface area contributed by atoms with Gasteiger partial charge in [-0.25, -0.2) is 4.79 Å². The molecule has 0 atom stereocenters. The minimum absolute atomic E-state index is 0.0919. The van der Waals surface area contributed by atoms with E-state index in [0.29, 0.717) is 16.4 Å². The minimum Gasteiger partial charge on any atom is -0.347 e. The van der Waals surface area contributed by atoms with E-state index in [1.165, 1.54) is 15.8 Å². The Morgan fingerprint density at radius 3 is 2.74 bits per heavy atom. The van der Waals surface area contributed by atoms with Crippen molar-refractivity contribution >= 4 is 50.8 Å². The van der Waals surface area contributed by atoms with E-state index in [1.807, 2.05) is 0 Å². The van der Waals surface area contributed by atoms with Gasteiger partial charge in [0.05, 0.1) is 22.6 Å². The Hall–Kier alpha value is -2.06. The number of hydrogen-bond acceptors (Lipinski definition) is 3. The summed E-state index contributed by atoms with van der Waals surface area (Å²) in [7, 11) is 3.33. The van der Waals surface area contributed by atoms with Crippen molar-refractivity contribution in [1.82, 2.24) is 14.7 Å². The number of amides is 3. The highest BCUT2D eigenvalue weighted by Crippen LogP contribution is 2.25. The zero-order valence-corrected chi connectivity index (χ0v) is 14.8. The lowest BCUT2D eigenvalue weighted by Crippen LogP contribution is -2.26. The third kappa shape index (κ3) is 4.97. The summed E-state index contributed by atoms with van der Waals surface area (Å²) in [4.78, 5) is 25.0. The molecule has 9 heteroatoms. The third-order valence-corrected chi connectivity index (χ3v) is 3.67. The average molecular weight is 401 g/mol. The van der Waals surface area contributed by atoms with Gasteiger partial charge in [-0.15, -0.1) is 0 Å². The second-order valence-electron chi connectivity index (χ2n) is 4.92. The van der Waals surface area contributed by atoms with Gasteiger partial charge in [0.25, 0.3) is 0 Å². The summed E-state index contributed by atoms with van der Waals surface area (Å²) in [5.41, 5.74) is 0.963. The molecule has 23 heavy (non-hydrogen) atoms.